The standard InChI is InChI=1S/C19H19N3O2S3/c1-11-5-7-12(8-6-11)9-26-10-15(23)21-22-18(24)16-13-3-2-4-14(13)27-17(16)20-19(22)25/h5-8H,2-4,9-10H2,1H3,(H,20,25)(H,21,23). The van der Waals surface area contributed by atoms with Crippen LogP contribution in [-0.4, -0.2) is 21.3 Å². The normalized spacial score (nSPS) is 13.1. The number of amides is 1. The van der Waals surface area contributed by atoms with E-state index in [4.69, 9.17) is 12.2 Å². The van der Waals surface area contributed by atoms with Crippen molar-refractivity contribution in [2.75, 3.05) is 11.2 Å². The highest BCUT2D eigenvalue weighted by Gasteiger charge is 2.21. The lowest BCUT2D eigenvalue weighted by atomic mass is 10.2. The summed E-state index contributed by atoms with van der Waals surface area (Å²) >= 11 is 8.40. The van der Waals surface area contributed by atoms with E-state index in [2.05, 4.69) is 34.7 Å². The summed E-state index contributed by atoms with van der Waals surface area (Å²) in [5, 5.41) is 0.675. The van der Waals surface area contributed by atoms with Crippen LogP contribution in [0.4, 0.5) is 0 Å². The van der Waals surface area contributed by atoms with E-state index in [9.17, 15) is 9.59 Å². The van der Waals surface area contributed by atoms with Crippen molar-refractivity contribution >= 4 is 51.4 Å². The van der Waals surface area contributed by atoms with Crippen LogP contribution in [-0.2, 0) is 23.4 Å². The summed E-state index contributed by atoms with van der Waals surface area (Å²) in [4.78, 5) is 30.4. The Hall–Kier alpha value is -1.90. The Balaban J connectivity index is 1.48. The lowest BCUT2D eigenvalue weighted by Crippen LogP contribution is -2.35. The van der Waals surface area contributed by atoms with Gasteiger partial charge < -0.3 is 4.98 Å². The molecule has 140 valence electrons. The first-order valence-corrected chi connectivity index (χ1v) is 11.1. The fourth-order valence-corrected chi connectivity index (χ4v) is 5.64. The van der Waals surface area contributed by atoms with Crippen molar-refractivity contribution in [1.82, 2.24) is 9.66 Å². The summed E-state index contributed by atoms with van der Waals surface area (Å²) in [5.74, 6) is 0.765. The Morgan fingerprint density at radius 1 is 1.33 bits per heavy atom. The average Bonchev–Trinajstić information content (AvgIpc) is 3.21. The van der Waals surface area contributed by atoms with Crippen LogP contribution in [0.15, 0.2) is 29.1 Å². The fraction of sp³-hybridized carbons (Fsp3) is 0.316. The molecule has 8 heteroatoms. The minimum absolute atomic E-state index is 0.226. The van der Waals surface area contributed by atoms with Crippen LogP contribution in [0.25, 0.3) is 10.2 Å². The molecule has 1 amide bonds. The minimum atomic E-state index is -0.236. The zero-order valence-corrected chi connectivity index (χ0v) is 17.3. The number of fused-ring (bicyclic) bond motifs is 3. The van der Waals surface area contributed by atoms with Crippen molar-refractivity contribution in [3.63, 3.8) is 0 Å². The number of H-pyrrole nitrogens is 1. The van der Waals surface area contributed by atoms with Crippen molar-refractivity contribution in [2.24, 2.45) is 0 Å². The van der Waals surface area contributed by atoms with Crippen LogP contribution in [0.1, 0.15) is 28.0 Å². The molecule has 0 saturated heterocycles. The van der Waals surface area contributed by atoms with Gasteiger partial charge in [-0.15, -0.1) is 23.1 Å². The van der Waals surface area contributed by atoms with Gasteiger partial charge in [-0.05, 0) is 49.5 Å². The predicted octanol–water partition coefficient (Wildman–Crippen LogP) is 3.92. The molecular formula is C19H19N3O2S3. The van der Waals surface area contributed by atoms with Crippen molar-refractivity contribution in [3.8, 4) is 0 Å². The first kappa shape index (κ1) is 18.5. The molecule has 0 unspecified atom stereocenters. The molecule has 2 aromatic heterocycles. The van der Waals surface area contributed by atoms with E-state index in [1.807, 2.05) is 6.92 Å². The van der Waals surface area contributed by atoms with Gasteiger partial charge in [-0.2, -0.15) is 4.68 Å². The smallest absolute Gasteiger partial charge is 0.282 e. The van der Waals surface area contributed by atoms with Crippen molar-refractivity contribution in [2.45, 2.75) is 31.9 Å². The number of aryl methyl sites for hydroxylation is 3. The fourth-order valence-electron chi connectivity index (χ4n) is 3.28. The molecule has 0 saturated carbocycles. The van der Waals surface area contributed by atoms with Gasteiger partial charge in [0.1, 0.15) is 4.83 Å². The lowest BCUT2D eigenvalue weighted by molar-refractivity contribution is -0.114. The van der Waals surface area contributed by atoms with Gasteiger partial charge in [-0.1, -0.05) is 29.8 Å². The summed E-state index contributed by atoms with van der Waals surface area (Å²) in [7, 11) is 0. The van der Waals surface area contributed by atoms with Gasteiger partial charge in [0, 0.05) is 10.6 Å². The highest BCUT2D eigenvalue weighted by molar-refractivity contribution is 7.99. The maximum absolute atomic E-state index is 12.9. The zero-order chi connectivity index (χ0) is 19.0. The third kappa shape index (κ3) is 3.74. The van der Waals surface area contributed by atoms with Crippen molar-refractivity contribution in [3.05, 3.63) is 61.0 Å². The average molecular weight is 418 g/mol. The molecule has 0 fully saturated rings. The molecule has 5 nitrogen and oxygen atoms in total. The van der Waals surface area contributed by atoms with E-state index in [0.29, 0.717) is 5.39 Å². The van der Waals surface area contributed by atoms with Gasteiger partial charge in [0.25, 0.3) is 5.56 Å². The Bertz CT molecular complexity index is 1130. The summed E-state index contributed by atoms with van der Waals surface area (Å²) in [5.41, 5.74) is 5.93. The summed E-state index contributed by atoms with van der Waals surface area (Å²) < 4.78 is 1.40. The molecule has 0 bridgehead atoms. The van der Waals surface area contributed by atoms with Crippen LogP contribution >= 0.6 is 35.3 Å². The number of carbonyl (C=O) groups is 1. The largest absolute Gasteiger partial charge is 0.322 e. The number of rotatable bonds is 5. The van der Waals surface area contributed by atoms with Gasteiger partial charge in [0.05, 0.1) is 11.1 Å². The molecule has 0 atom stereocenters. The molecule has 0 spiro atoms. The maximum Gasteiger partial charge on any atom is 0.282 e. The van der Waals surface area contributed by atoms with Crippen LogP contribution in [0.3, 0.4) is 0 Å². The minimum Gasteiger partial charge on any atom is -0.322 e. The van der Waals surface area contributed by atoms with E-state index >= 15 is 0 Å². The van der Waals surface area contributed by atoms with E-state index < -0.39 is 0 Å². The van der Waals surface area contributed by atoms with E-state index in [0.717, 1.165) is 35.4 Å². The number of aromatic amines is 1. The molecule has 1 aromatic carbocycles. The number of carbonyl (C=O) groups excluding carboxylic acids is 1. The van der Waals surface area contributed by atoms with Crippen LogP contribution in [0.2, 0.25) is 0 Å². The maximum atomic E-state index is 12.9. The molecule has 0 aliphatic heterocycles. The number of thiophene rings is 1. The second-order valence-electron chi connectivity index (χ2n) is 6.65. The van der Waals surface area contributed by atoms with Gasteiger partial charge in [0.2, 0.25) is 10.7 Å². The van der Waals surface area contributed by atoms with Crippen LogP contribution in [0.5, 0.6) is 0 Å². The molecule has 2 heterocycles. The van der Waals surface area contributed by atoms with E-state index in [1.165, 1.54) is 32.4 Å². The third-order valence-corrected chi connectivity index (χ3v) is 7.12. The molecule has 1 aliphatic rings. The number of hydrogen-bond acceptors (Lipinski definition) is 5. The summed E-state index contributed by atoms with van der Waals surface area (Å²) in [6, 6.07) is 8.24. The first-order valence-electron chi connectivity index (χ1n) is 8.75. The molecule has 27 heavy (non-hydrogen) atoms. The number of thioether (sulfide) groups is 1. The number of hydrogen-bond donors (Lipinski definition) is 2. The Kier molecular flexibility index (Phi) is 5.21. The molecule has 4 rings (SSSR count). The topological polar surface area (TPSA) is 66.9 Å². The van der Waals surface area contributed by atoms with Gasteiger partial charge in [-0.25, -0.2) is 0 Å². The second kappa shape index (κ2) is 7.61. The van der Waals surface area contributed by atoms with Gasteiger partial charge >= 0.3 is 0 Å². The lowest BCUT2D eigenvalue weighted by Gasteiger charge is -2.09. The second-order valence-corrected chi connectivity index (χ2v) is 9.12. The van der Waals surface area contributed by atoms with Crippen molar-refractivity contribution in [1.29, 1.82) is 0 Å². The third-order valence-electron chi connectivity index (χ3n) is 4.62. The quantitative estimate of drug-likeness (QED) is 0.618. The monoisotopic (exact) mass is 417 g/mol. The molecular weight excluding hydrogens is 398 g/mol. The number of benzene rings is 1. The van der Waals surface area contributed by atoms with Crippen LogP contribution < -0.4 is 11.0 Å². The SMILES string of the molecule is Cc1ccc(CSCC(=O)Nn2c(=S)[nH]c3sc4c(c3c2=O)CCC4)cc1. The number of nitrogens with one attached hydrogen (secondary N) is 2. The zero-order valence-electron chi connectivity index (χ0n) is 14.8. The molecule has 2 N–H and O–H groups in total. The molecule has 0 radical (unpaired) electrons. The summed E-state index contributed by atoms with van der Waals surface area (Å²) in [6.07, 6.45) is 3.00. The Morgan fingerprint density at radius 2 is 2.11 bits per heavy atom. The predicted molar refractivity (Wildman–Crippen MR) is 115 cm³/mol. The van der Waals surface area contributed by atoms with Crippen LogP contribution in [0, 0.1) is 11.7 Å². The van der Waals surface area contributed by atoms with E-state index in [-0.39, 0.29) is 22.0 Å². The first-order chi connectivity index (χ1) is 13.0. The molecule has 1 aliphatic carbocycles. The number of aromatic nitrogens is 2. The van der Waals surface area contributed by atoms with Gasteiger partial charge in [0.15, 0.2) is 0 Å². The van der Waals surface area contributed by atoms with E-state index in [1.54, 1.807) is 11.3 Å². The highest BCUT2D eigenvalue weighted by atomic mass is 32.2. The van der Waals surface area contributed by atoms with Gasteiger partial charge in [-0.3, -0.25) is 15.0 Å². The highest BCUT2D eigenvalue weighted by Crippen LogP contribution is 2.34. The Morgan fingerprint density at radius 3 is 2.89 bits per heavy atom. The van der Waals surface area contributed by atoms with Crippen molar-refractivity contribution < 1.29 is 4.79 Å². The molecule has 3 aromatic rings. The number of nitrogens with zero attached hydrogens (tertiary/aromatic N) is 1. The summed E-state index contributed by atoms with van der Waals surface area (Å²) in [6.45, 7) is 2.05. The Labute approximate surface area is 169 Å².